The van der Waals surface area contributed by atoms with Gasteiger partial charge in [0.25, 0.3) is 0 Å². The van der Waals surface area contributed by atoms with Crippen molar-refractivity contribution >= 4 is 17.7 Å². The van der Waals surface area contributed by atoms with Crippen LogP contribution in [0.25, 0.3) is 0 Å². The number of methoxy groups -OCH3 is 1. The smallest absolute Gasteiger partial charge is 0.323 e. The van der Waals surface area contributed by atoms with Crippen molar-refractivity contribution in [1.82, 2.24) is 5.32 Å². The molecule has 0 aromatic rings. The van der Waals surface area contributed by atoms with Crippen molar-refractivity contribution in [3.8, 4) is 0 Å². The molecule has 1 fully saturated rings. The average molecular weight is 161 g/mol. The molecule has 1 N–H and O–H groups in total. The van der Waals surface area contributed by atoms with Gasteiger partial charge < -0.3 is 4.74 Å². The minimum absolute atomic E-state index is 0.0926. The number of rotatable bonds is 1. The van der Waals surface area contributed by atoms with Gasteiger partial charge in [-0.2, -0.15) is 0 Å². The van der Waals surface area contributed by atoms with Crippen LogP contribution in [-0.2, 0) is 9.53 Å². The highest BCUT2D eigenvalue weighted by Crippen LogP contribution is 2.17. The van der Waals surface area contributed by atoms with Gasteiger partial charge >= 0.3 is 5.97 Å². The molecule has 0 amide bonds. The Balaban J connectivity index is 2.37. The number of thioether (sulfide) groups is 1. The summed E-state index contributed by atoms with van der Waals surface area (Å²) in [4.78, 5) is 10.9. The van der Waals surface area contributed by atoms with Gasteiger partial charge in [-0.05, 0) is 6.92 Å². The summed E-state index contributed by atoms with van der Waals surface area (Å²) < 4.78 is 4.57. The van der Waals surface area contributed by atoms with Crippen LogP contribution in [0.2, 0.25) is 0 Å². The second-order valence-corrected chi connectivity index (χ2v) is 3.59. The number of carbonyl (C=O) groups is 1. The molecule has 4 heteroatoms. The Morgan fingerprint density at radius 2 is 2.50 bits per heavy atom. The second kappa shape index (κ2) is 3.25. The molecule has 0 aromatic heterocycles. The number of hydrogen-bond donors (Lipinski definition) is 1. The van der Waals surface area contributed by atoms with E-state index in [1.54, 1.807) is 11.8 Å². The lowest BCUT2D eigenvalue weighted by Gasteiger charge is -2.06. The summed E-state index contributed by atoms with van der Waals surface area (Å²) in [6, 6.07) is -0.0926. The Kier molecular flexibility index (Phi) is 2.56. The Bertz CT molecular complexity index is 140. The molecule has 1 rings (SSSR count). The van der Waals surface area contributed by atoms with Crippen molar-refractivity contribution < 1.29 is 9.53 Å². The van der Waals surface area contributed by atoms with Crippen molar-refractivity contribution in [3.63, 3.8) is 0 Å². The monoisotopic (exact) mass is 161 g/mol. The molecule has 0 radical (unpaired) electrons. The van der Waals surface area contributed by atoms with Gasteiger partial charge in [-0.3, -0.25) is 10.1 Å². The highest BCUT2D eigenvalue weighted by molar-refractivity contribution is 8.00. The standard InChI is InChI=1S/C6H11NO2S/c1-4-7-5(3-10-4)6(8)9-2/h4-5,7H,3H2,1-2H3/t4-,5-/m0/s1. The van der Waals surface area contributed by atoms with Crippen molar-refractivity contribution in [1.29, 1.82) is 0 Å². The molecule has 3 nitrogen and oxygen atoms in total. The molecule has 2 atom stereocenters. The Morgan fingerprint density at radius 1 is 1.80 bits per heavy atom. The SMILES string of the molecule is COC(=O)[C@@H]1CS[C@@H](C)N1. The van der Waals surface area contributed by atoms with Gasteiger partial charge in [-0.15, -0.1) is 11.8 Å². The summed E-state index contributed by atoms with van der Waals surface area (Å²) in [6.45, 7) is 2.04. The van der Waals surface area contributed by atoms with E-state index < -0.39 is 0 Å². The van der Waals surface area contributed by atoms with Gasteiger partial charge in [-0.1, -0.05) is 0 Å². The maximum atomic E-state index is 10.9. The lowest BCUT2D eigenvalue weighted by Crippen LogP contribution is -2.36. The largest absolute Gasteiger partial charge is 0.468 e. The average Bonchev–Trinajstić information content (AvgIpc) is 2.34. The van der Waals surface area contributed by atoms with Crippen LogP contribution in [0.3, 0.4) is 0 Å². The molecule has 0 saturated carbocycles. The first-order valence-electron chi connectivity index (χ1n) is 3.19. The van der Waals surface area contributed by atoms with Gasteiger partial charge in [0.05, 0.1) is 12.5 Å². The molecule has 0 spiro atoms. The molecule has 1 saturated heterocycles. The number of esters is 1. The highest BCUT2D eigenvalue weighted by Gasteiger charge is 2.27. The Hall–Kier alpha value is -0.220. The number of carbonyl (C=O) groups excluding carboxylic acids is 1. The lowest BCUT2D eigenvalue weighted by atomic mass is 10.3. The molecular formula is C6H11NO2S. The summed E-state index contributed by atoms with van der Waals surface area (Å²) >= 11 is 1.74. The third-order valence-corrected chi connectivity index (χ3v) is 2.60. The van der Waals surface area contributed by atoms with Crippen LogP contribution in [0.5, 0.6) is 0 Å². The number of nitrogens with one attached hydrogen (secondary N) is 1. The first-order valence-corrected chi connectivity index (χ1v) is 4.24. The van der Waals surface area contributed by atoms with Crippen molar-refractivity contribution in [3.05, 3.63) is 0 Å². The molecular weight excluding hydrogens is 150 g/mol. The highest BCUT2D eigenvalue weighted by atomic mass is 32.2. The molecule has 0 aliphatic carbocycles. The third-order valence-electron chi connectivity index (χ3n) is 1.43. The predicted molar refractivity (Wildman–Crippen MR) is 40.9 cm³/mol. The fraction of sp³-hybridized carbons (Fsp3) is 0.833. The van der Waals surface area contributed by atoms with Gasteiger partial charge in [0.1, 0.15) is 6.04 Å². The molecule has 0 unspecified atom stereocenters. The molecule has 1 aliphatic heterocycles. The fourth-order valence-electron chi connectivity index (χ4n) is 0.898. The molecule has 58 valence electrons. The summed E-state index contributed by atoms with van der Waals surface area (Å²) in [5, 5.41) is 3.47. The number of ether oxygens (including phenoxy) is 1. The minimum Gasteiger partial charge on any atom is -0.468 e. The van der Waals surface area contributed by atoms with Crippen molar-refractivity contribution in [2.75, 3.05) is 12.9 Å². The summed E-state index contributed by atoms with van der Waals surface area (Å²) in [5.74, 6) is 0.672. The van der Waals surface area contributed by atoms with Crippen molar-refractivity contribution in [2.45, 2.75) is 18.3 Å². The van der Waals surface area contributed by atoms with Gasteiger partial charge in [0, 0.05) is 5.75 Å². The van der Waals surface area contributed by atoms with Crippen molar-refractivity contribution in [2.24, 2.45) is 0 Å². The molecule has 10 heavy (non-hydrogen) atoms. The quantitative estimate of drug-likeness (QED) is 0.558. The van der Waals surface area contributed by atoms with Crippen LogP contribution in [-0.4, -0.2) is 30.2 Å². The van der Waals surface area contributed by atoms with Crippen LogP contribution < -0.4 is 5.32 Å². The molecule has 0 bridgehead atoms. The van der Waals surface area contributed by atoms with Gasteiger partial charge in [0.15, 0.2) is 0 Å². The first-order chi connectivity index (χ1) is 4.74. The zero-order valence-electron chi connectivity index (χ0n) is 6.09. The van der Waals surface area contributed by atoms with E-state index in [2.05, 4.69) is 10.1 Å². The minimum atomic E-state index is -0.156. The van der Waals surface area contributed by atoms with E-state index in [9.17, 15) is 4.79 Å². The zero-order chi connectivity index (χ0) is 7.56. The lowest BCUT2D eigenvalue weighted by molar-refractivity contribution is -0.142. The van der Waals surface area contributed by atoms with E-state index >= 15 is 0 Å². The summed E-state index contributed by atoms with van der Waals surface area (Å²) in [6.07, 6.45) is 0. The van der Waals surface area contributed by atoms with E-state index in [1.165, 1.54) is 7.11 Å². The second-order valence-electron chi connectivity index (χ2n) is 2.22. The fourth-order valence-corrected chi connectivity index (χ4v) is 1.87. The van der Waals surface area contributed by atoms with E-state index in [0.29, 0.717) is 5.37 Å². The van der Waals surface area contributed by atoms with E-state index in [-0.39, 0.29) is 12.0 Å². The van der Waals surface area contributed by atoms with Crippen LogP contribution in [0.1, 0.15) is 6.92 Å². The topological polar surface area (TPSA) is 38.3 Å². The van der Waals surface area contributed by atoms with Gasteiger partial charge in [0.2, 0.25) is 0 Å². The maximum absolute atomic E-state index is 10.9. The van der Waals surface area contributed by atoms with E-state index in [1.807, 2.05) is 6.92 Å². The normalized spacial score (nSPS) is 32.2. The van der Waals surface area contributed by atoms with Gasteiger partial charge in [-0.25, -0.2) is 0 Å². The molecule has 1 aliphatic rings. The van der Waals surface area contributed by atoms with Crippen LogP contribution >= 0.6 is 11.8 Å². The molecule has 0 aromatic carbocycles. The maximum Gasteiger partial charge on any atom is 0.323 e. The zero-order valence-corrected chi connectivity index (χ0v) is 6.90. The molecule has 1 heterocycles. The van der Waals surface area contributed by atoms with Crippen LogP contribution in [0, 0.1) is 0 Å². The summed E-state index contributed by atoms with van der Waals surface area (Å²) in [5.41, 5.74) is 0. The Labute approximate surface area is 64.5 Å². The number of hydrogen-bond acceptors (Lipinski definition) is 4. The van der Waals surface area contributed by atoms with Crippen LogP contribution in [0.15, 0.2) is 0 Å². The first kappa shape index (κ1) is 7.88. The van der Waals surface area contributed by atoms with E-state index in [4.69, 9.17) is 0 Å². The third kappa shape index (κ3) is 1.64. The van der Waals surface area contributed by atoms with Crippen LogP contribution in [0.4, 0.5) is 0 Å². The Morgan fingerprint density at radius 3 is 2.90 bits per heavy atom. The summed E-state index contributed by atoms with van der Waals surface area (Å²) in [7, 11) is 1.41. The predicted octanol–water partition coefficient (Wildman–Crippen LogP) is 0.210. The van der Waals surface area contributed by atoms with E-state index in [0.717, 1.165) is 5.75 Å².